The van der Waals surface area contributed by atoms with E-state index in [-0.39, 0.29) is 35.7 Å². The molecule has 0 aliphatic carbocycles. The van der Waals surface area contributed by atoms with E-state index < -0.39 is 11.9 Å². The summed E-state index contributed by atoms with van der Waals surface area (Å²) in [6.45, 7) is 6.70. The Morgan fingerprint density at radius 1 is 1.23 bits per heavy atom. The Balaban J connectivity index is 1.63. The van der Waals surface area contributed by atoms with Crippen molar-refractivity contribution >= 4 is 11.9 Å². The second-order valence-corrected chi connectivity index (χ2v) is 7.73. The molecule has 4 rings (SSSR count). The van der Waals surface area contributed by atoms with Crippen LogP contribution in [0.5, 0.6) is 0 Å². The third-order valence-corrected chi connectivity index (χ3v) is 5.65. The predicted octanol–water partition coefficient (Wildman–Crippen LogP) is 1.70. The maximum atomic E-state index is 13.6. The standard InChI is InChI=1S/C19H24F3N7O/c1-12-3-6-29(12)18-25-16(13(2)17(26-18)19(20,21)22)14-9-24-28(10-14)11-15(30)27-7-4-23-5-8-27/h9-10,12,23H,3-8,11H2,1-2H3/t12-/m0/s1. The van der Waals surface area contributed by atoms with Crippen LogP contribution in [0.15, 0.2) is 12.4 Å². The third kappa shape index (κ3) is 3.98. The van der Waals surface area contributed by atoms with Crippen molar-refractivity contribution in [1.29, 1.82) is 0 Å². The predicted molar refractivity (Wildman–Crippen MR) is 104 cm³/mol. The molecule has 2 aromatic rings. The summed E-state index contributed by atoms with van der Waals surface area (Å²) in [5, 5.41) is 7.37. The zero-order valence-electron chi connectivity index (χ0n) is 16.9. The van der Waals surface area contributed by atoms with Gasteiger partial charge in [-0.25, -0.2) is 9.97 Å². The molecule has 1 N–H and O–H groups in total. The summed E-state index contributed by atoms with van der Waals surface area (Å²) in [4.78, 5) is 24.2. The van der Waals surface area contributed by atoms with Gasteiger partial charge in [-0.05, 0) is 20.3 Å². The first kappa shape index (κ1) is 20.6. The fourth-order valence-electron chi connectivity index (χ4n) is 3.73. The molecular formula is C19H24F3N7O. The molecule has 2 saturated heterocycles. The smallest absolute Gasteiger partial charge is 0.339 e. The van der Waals surface area contributed by atoms with Gasteiger partial charge in [0.1, 0.15) is 6.54 Å². The van der Waals surface area contributed by atoms with Gasteiger partial charge in [-0.3, -0.25) is 9.48 Å². The quantitative estimate of drug-likeness (QED) is 0.807. The van der Waals surface area contributed by atoms with Gasteiger partial charge in [0.15, 0.2) is 5.69 Å². The van der Waals surface area contributed by atoms with E-state index in [2.05, 4.69) is 20.4 Å². The molecule has 0 bridgehead atoms. The highest BCUT2D eigenvalue weighted by Gasteiger charge is 2.38. The second kappa shape index (κ2) is 7.86. The lowest BCUT2D eigenvalue weighted by atomic mass is 10.1. The van der Waals surface area contributed by atoms with Crippen molar-refractivity contribution < 1.29 is 18.0 Å². The van der Waals surface area contributed by atoms with E-state index in [0.717, 1.165) is 19.5 Å². The molecule has 11 heteroatoms. The minimum absolute atomic E-state index is 0.0340. The lowest BCUT2D eigenvalue weighted by Crippen LogP contribution is -2.47. The largest absolute Gasteiger partial charge is 0.433 e. The number of rotatable bonds is 4. The number of carbonyl (C=O) groups excluding carboxylic acids is 1. The highest BCUT2D eigenvalue weighted by Crippen LogP contribution is 2.36. The summed E-state index contributed by atoms with van der Waals surface area (Å²) in [5.74, 6) is 0.00273. The van der Waals surface area contributed by atoms with Crippen molar-refractivity contribution in [2.45, 2.75) is 39.0 Å². The third-order valence-electron chi connectivity index (χ3n) is 5.65. The topological polar surface area (TPSA) is 79.2 Å². The molecule has 4 heterocycles. The van der Waals surface area contributed by atoms with Crippen LogP contribution in [0.4, 0.5) is 19.1 Å². The Morgan fingerprint density at radius 2 is 1.97 bits per heavy atom. The molecule has 2 fully saturated rings. The SMILES string of the molecule is Cc1c(-c2cnn(CC(=O)N3CCNCC3)c2)nc(N2CC[C@@H]2C)nc1C(F)(F)F. The van der Waals surface area contributed by atoms with Gasteiger partial charge in [0.05, 0.1) is 11.9 Å². The van der Waals surface area contributed by atoms with Gasteiger partial charge in [-0.1, -0.05) is 0 Å². The van der Waals surface area contributed by atoms with Crippen LogP contribution in [0.2, 0.25) is 0 Å². The van der Waals surface area contributed by atoms with Crippen LogP contribution in [-0.2, 0) is 17.5 Å². The number of hydrogen-bond acceptors (Lipinski definition) is 6. The Morgan fingerprint density at radius 3 is 2.57 bits per heavy atom. The summed E-state index contributed by atoms with van der Waals surface area (Å²) in [6, 6.07) is 0.0982. The molecule has 0 radical (unpaired) electrons. The summed E-state index contributed by atoms with van der Waals surface area (Å²) in [5.41, 5.74) is -0.367. The molecule has 2 aromatic heterocycles. The molecule has 1 amide bonds. The highest BCUT2D eigenvalue weighted by atomic mass is 19.4. The first-order valence-corrected chi connectivity index (χ1v) is 9.98. The van der Waals surface area contributed by atoms with Crippen LogP contribution >= 0.6 is 0 Å². The van der Waals surface area contributed by atoms with Gasteiger partial charge in [0.25, 0.3) is 0 Å². The van der Waals surface area contributed by atoms with E-state index in [9.17, 15) is 18.0 Å². The monoisotopic (exact) mass is 423 g/mol. The summed E-state index contributed by atoms with van der Waals surface area (Å²) >= 11 is 0. The number of nitrogens with one attached hydrogen (secondary N) is 1. The van der Waals surface area contributed by atoms with Crippen LogP contribution < -0.4 is 10.2 Å². The number of hydrogen-bond donors (Lipinski definition) is 1. The number of halogens is 3. The average Bonchev–Trinajstić information content (AvgIpc) is 3.16. The first-order chi connectivity index (χ1) is 14.2. The summed E-state index contributed by atoms with van der Waals surface area (Å²) < 4.78 is 42.3. The Bertz CT molecular complexity index is 937. The van der Waals surface area contributed by atoms with E-state index in [0.29, 0.717) is 25.2 Å². The van der Waals surface area contributed by atoms with Crippen LogP contribution in [-0.4, -0.2) is 69.3 Å². The van der Waals surface area contributed by atoms with Crippen molar-refractivity contribution in [2.24, 2.45) is 0 Å². The maximum absolute atomic E-state index is 13.6. The van der Waals surface area contributed by atoms with Crippen LogP contribution in [0.25, 0.3) is 11.3 Å². The molecular weight excluding hydrogens is 399 g/mol. The lowest BCUT2D eigenvalue weighted by Gasteiger charge is -2.39. The minimum Gasteiger partial charge on any atom is -0.339 e. The van der Waals surface area contributed by atoms with E-state index in [1.54, 1.807) is 16.0 Å². The van der Waals surface area contributed by atoms with E-state index >= 15 is 0 Å². The summed E-state index contributed by atoms with van der Waals surface area (Å²) in [6.07, 6.45) is -0.679. The number of carbonyl (C=O) groups is 1. The Kier molecular flexibility index (Phi) is 5.39. The van der Waals surface area contributed by atoms with E-state index in [4.69, 9.17) is 0 Å². The number of piperazine rings is 1. The fourth-order valence-corrected chi connectivity index (χ4v) is 3.73. The van der Waals surface area contributed by atoms with Crippen LogP contribution in [0.1, 0.15) is 24.6 Å². The molecule has 30 heavy (non-hydrogen) atoms. The van der Waals surface area contributed by atoms with Crippen LogP contribution in [0, 0.1) is 6.92 Å². The van der Waals surface area contributed by atoms with Gasteiger partial charge in [-0.15, -0.1) is 0 Å². The minimum atomic E-state index is -4.58. The number of amides is 1. The van der Waals surface area contributed by atoms with Gasteiger partial charge < -0.3 is 15.1 Å². The Labute approximate surface area is 172 Å². The summed E-state index contributed by atoms with van der Waals surface area (Å²) in [7, 11) is 0. The fraction of sp³-hybridized carbons (Fsp3) is 0.579. The van der Waals surface area contributed by atoms with Crippen molar-refractivity contribution in [3.63, 3.8) is 0 Å². The number of alkyl halides is 3. The molecule has 162 valence electrons. The van der Waals surface area contributed by atoms with Crippen LogP contribution in [0.3, 0.4) is 0 Å². The first-order valence-electron chi connectivity index (χ1n) is 9.98. The van der Waals surface area contributed by atoms with Gasteiger partial charge in [-0.2, -0.15) is 18.3 Å². The van der Waals surface area contributed by atoms with Gasteiger partial charge >= 0.3 is 6.18 Å². The zero-order chi connectivity index (χ0) is 21.5. The van der Waals surface area contributed by atoms with Crippen molar-refractivity contribution in [3.05, 3.63) is 23.7 Å². The molecule has 8 nitrogen and oxygen atoms in total. The second-order valence-electron chi connectivity index (χ2n) is 7.73. The van der Waals surface area contributed by atoms with Crippen molar-refractivity contribution in [2.75, 3.05) is 37.6 Å². The number of nitrogens with zero attached hydrogens (tertiary/aromatic N) is 6. The zero-order valence-corrected chi connectivity index (χ0v) is 16.9. The van der Waals surface area contributed by atoms with E-state index in [1.807, 2.05) is 6.92 Å². The number of anilines is 1. The van der Waals surface area contributed by atoms with Gasteiger partial charge in [0, 0.05) is 56.1 Å². The lowest BCUT2D eigenvalue weighted by molar-refractivity contribution is -0.141. The Hall–Kier alpha value is -2.69. The molecule has 2 aliphatic rings. The molecule has 0 spiro atoms. The number of aromatic nitrogens is 4. The van der Waals surface area contributed by atoms with Gasteiger partial charge in [0.2, 0.25) is 11.9 Å². The highest BCUT2D eigenvalue weighted by molar-refractivity contribution is 5.76. The molecule has 0 saturated carbocycles. The average molecular weight is 423 g/mol. The van der Waals surface area contributed by atoms with Crippen molar-refractivity contribution in [3.8, 4) is 11.3 Å². The molecule has 0 aromatic carbocycles. The molecule has 2 aliphatic heterocycles. The van der Waals surface area contributed by atoms with E-state index in [1.165, 1.54) is 17.8 Å². The molecule has 0 unspecified atom stereocenters. The normalized spacial score (nSPS) is 19.7. The maximum Gasteiger partial charge on any atom is 0.433 e. The molecule has 1 atom stereocenters. The van der Waals surface area contributed by atoms with Crippen molar-refractivity contribution in [1.82, 2.24) is 30.0 Å².